The maximum absolute atomic E-state index is 12.1. The normalized spacial score (nSPS) is 10.9. The lowest BCUT2D eigenvalue weighted by Gasteiger charge is -2.20. The molecule has 1 heterocycles. The van der Waals surface area contributed by atoms with Crippen LogP contribution in [0.2, 0.25) is 0 Å². The maximum atomic E-state index is 12.1. The molecule has 3 amide bonds. The van der Waals surface area contributed by atoms with E-state index in [0.717, 1.165) is 55.9 Å². The van der Waals surface area contributed by atoms with Gasteiger partial charge in [-0.1, -0.05) is 27.7 Å². The molecule has 2 N–H and O–H groups in total. The highest BCUT2D eigenvalue weighted by atomic mass is 32.1. The van der Waals surface area contributed by atoms with Crippen molar-refractivity contribution in [2.45, 2.75) is 53.4 Å². The zero-order valence-electron chi connectivity index (χ0n) is 15.3. The molecular formula is C17H30N4O2S. The maximum Gasteiger partial charge on any atom is 0.321 e. The lowest BCUT2D eigenvalue weighted by molar-refractivity contribution is 0.0963. The number of imide groups is 1. The van der Waals surface area contributed by atoms with Crippen molar-refractivity contribution < 1.29 is 9.59 Å². The molecule has 1 aromatic rings. The lowest BCUT2D eigenvalue weighted by atomic mass is 10.2. The van der Waals surface area contributed by atoms with Gasteiger partial charge in [0.15, 0.2) is 5.01 Å². The Hall–Kier alpha value is -1.47. The first-order chi connectivity index (χ1) is 11.5. The van der Waals surface area contributed by atoms with Crippen molar-refractivity contribution in [3.05, 3.63) is 15.6 Å². The van der Waals surface area contributed by atoms with Crippen LogP contribution in [0.3, 0.4) is 0 Å². The van der Waals surface area contributed by atoms with E-state index in [9.17, 15) is 9.59 Å². The van der Waals surface area contributed by atoms with Crippen LogP contribution in [0.1, 0.15) is 60.9 Å². The summed E-state index contributed by atoms with van der Waals surface area (Å²) >= 11 is 1.36. The monoisotopic (exact) mass is 354 g/mol. The van der Waals surface area contributed by atoms with E-state index in [2.05, 4.69) is 34.4 Å². The fraction of sp³-hybridized carbons (Fsp3) is 0.706. The van der Waals surface area contributed by atoms with E-state index < -0.39 is 11.9 Å². The standard InChI is InChI=1S/C17H30N4O2S/c1-5-10-21(11-6-2)12-9-18-17(23)20-15(22)16-19-13(7-3)14(8-4)24-16/h5-12H2,1-4H3,(H2,18,20,22,23). The minimum Gasteiger partial charge on any atom is -0.337 e. The van der Waals surface area contributed by atoms with Crippen LogP contribution in [0.15, 0.2) is 0 Å². The van der Waals surface area contributed by atoms with E-state index in [1.807, 2.05) is 13.8 Å². The van der Waals surface area contributed by atoms with Crippen molar-refractivity contribution in [1.29, 1.82) is 0 Å². The van der Waals surface area contributed by atoms with Crippen molar-refractivity contribution in [3.63, 3.8) is 0 Å². The van der Waals surface area contributed by atoms with Gasteiger partial charge in [-0.05, 0) is 38.8 Å². The average molecular weight is 355 g/mol. The number of carbonyl (C=O) groups excluding carboxylic acids is 2. The predicted octanol–water partition coefficient (Wildman–Crippen LogP) is 2.83. The van der Waals surface area contributed by atoms with Gasteiger partial charge in [0.25, 0.3) is 5.91 Å². The van der Waals surface area contributed by atoms with Gasteiger partial charge in [0.2, 0.25) is 0 Å². The number of hydrogen-bond donors (Lipinski definition) is 2. The van der Waals surface area contributed by atoms with Gasteiger partial charge in [0.1, 0.15) is 0 Å². The van der Waals surface area contributed by atoms with Crippen LogP contribution in [0, 0.1) is 0 Å². The zero-order chi connectivity index (χ0) is 17.9. The van der Waals surface area contributed by atoms with Gasteiger partial charge in [0.05, 0.1) is 5.69 Å². The Morgan fingerprint density at radius 2 is 1.71 bits per heavy atom. The lowest BCUT2D eigenvalue weighted by Crippen LogP contribution is -2.43. The second kappa shape index (κ2) is 11.1. The molecule has 0 aliphatic rings. The summed E-state index contributed by atoms with van der Waals surface area (Å²) in [6, 6.07) is -0.459. The smallest absolute Gasteiger partial charge is 0.321 e. The first-order valence-corrected chi connectivity index (χ1v) is 9.67. The minimum atomic E-state index is -0.459. The second-order valence-electron chi connectivity index (χ2n) is 5.65. The highest BCUT2D eigenvalue weighted by Gasteiger charge is 2.17. The zero-order valence-corrected chi connectivity index (χ0v) is 16.1. The van der Waals surface area contributed by atoms with Crippen LogP contribution in [0.5, 0.6) is 0 Å². The summed E-state index contributed by atoms with van der Waals surface area (Å²) in [6.07, 6.45) is 3.83. The molecule has 0 saturated carbocycles. The van der Waals surface area contributed by atoms with Crippen LogP contribution < -0.4 is 10.6 Å². The Kier molecular flexibility index (Phi) is 9.56. The van der Waals surface area contributed by atoms with E-state index in [-0.39, 0.29) is 0 Å². The highest BCUT2D eigenvalue weighted by molar-refractivity contribution is 7.13. The molecule has 1 rings (SSSR count). The van der Waals surface area contributed by atoms with Crippen molar-refractivity contribution >= 4 is 23.3 Å². The number of aromatic nitrogens is 1. The average Bonchev–Trinajstić information content (AvgIpc) is 2.98. The molecule has 0 fully saturated rings. The molecule has 0 radical (unpaired) electrons. The number of carbonyl (C=O) groups is 2. The molecule has 6 nitrogen and oxygen atoms in total. The number of amides is 3. The molecule has 24 heavy (non-hydrogen) atoms. The SMILES string of the molecule is CCCN(CCC)CCNC(=O)NC(=O)c1nc(CC)c(CC)s1. The molecular weight excluding hydrogens is 324 g/mol. The minimum absolute atomic E-state index is 0.359. The molecule has 0 saturated heterocycles. The Morgan fingerprint density at radius 3 is 2.21 bits per heavy atom. The summed E-state index contributed by atoms with van der Waals surface area (Å²) in [5, 5.41) is 5.47. The Morgan fingerprint density at radius 1 is 1.04 bits per heavy atom. The molecule has 7 heteroatoms. The number of rotatable bonds is 10. The molecule has 0 atom stereocenters. The molecule has 1 aromatic heterocycles. The van der Waals surface area contributed by atoms with E-state index in [0.29, 0.717) is 11.6 Å². The van der Waals surface area contributed by atoms with Crippen LogP contribution in [0.4, 0.5) is 4.79 Å². The van der Waals surface area contributed by atoms with Gasteiger partial charge >= 0.3 is 6.03 Å². The number of hydrogen-bond acceptors (Lipinski definition) is 5. The fourth-order valence-electron chi connectivity index (χ4n) is 2.53. The first-order valence-electron chi connectivity index (χ1n) is 8.85. The van der Waals surface area contributed by atoms with E-state index in [4.69, 9.17) is 0 Å². The Balaban J connectivity index is 2.44. The van der Waals surface area contributed by atoms with Gasteiger partial charge < -0.3 is 10.2 Å². The Bertz CT molecular complexity index is 503. The summed E-state index contributed by atoms with van der Waals surface area (Å²) < 4.78 is 0. The summed E-state index contributed by atoms with van der Waals surface area (Å²) in [5.74, 6) is -0.425. The third-order valence-electron chi connectivity index (χ3n) is 3.65. The van der Waals surface area contributed by atoms with Gasteiger partial charge in [-0.15, -0.1) is 11.3 Å². The molecule has 0 spiro atoms. The topological polar surface area (TPSA) is 74.3 Å². The van der Waals surface area contributed by atoms with E-state index >= 15 is 0 Å². The van der Waals surface area contributed by atoms with Crippen LogP contribution >= 0.6 is 11.3 Å². The van der Waals surface area contributed by atoms with Crippen molar-refractivity contribution in [2.75, 3.05) is 26.2 Å². The third-order valence-corrected chi connectivity index (χ3v) is 4.89. The molecule has 0 aliphatic carbocycles. The van der Waals surface area contributed by atoms with Crippen molar-refractivity contribution in [2.24, 2.45) is 0 Å². The fourth-order valence-corrected chi connectivity index (χ4v) is 3.51. The van der Waals surface area contributed by atoms with Crippen molar-refractivity contribution in [1.82, 2.24) is 20.5 Å². The molecule has 0 aromatic carbocycles. The Labute approximate surface area is 149 Å². The largest absolute Gasteiger partial charge is 0.337 e. The first kappa shape index (κ1) is 20.6. The van der Waals surface area contributed by atoms with Gasteiger partial charge in [-0.2, -0.15) is 0 Å². The molecule has 0 unspecified atom stereocenters. The number of aryl methyl sites for hydroxylation is 2. The number of thiazole rings is 1. The summed E-state index contributed by atoms with van der Waals surface area (Å²) in [4.78, 5) is 31.7. The van der Waals surface area contributed by atoms with Crippen LogP contribution in [-0.2, 0) is 12.8 Å². The molecule has 136 valence electrons. The summed E-state index contributed by atoms with van der Waals surface area (Å²) in [5.41, 5.74) is 0.947. The van der Waals surface area contributed by atoms with Gasteiger partial charge in [0, 0.05) is 18.0 Å². The number of nitrogens with zero attached hydrogens (tertiary/aromatic N) is 2. The van der Waals surface area contributed by atoms with E-state index in [1.165, 1.54) is 11.3 Å². The van der Waals surface area contributed by atoms with Gasteiger partial charge in [-0.3, -0.25) is 10.1 Å². The highest BCUT2D eigenvalue weighted by Crippen LogP contribution is 2.19. The number of urea groups is 1. The molecule has 0 bridgehead atoms. The van der Waals surface area contributed by atoms with E-state index in [1.54, 1.807) is 0 Å². The predicted molar refractivity (Wildman–Crippen MR) is 98.8 cm³/mol. The quantitative estimate of drug-likeness (QED) is 0.677. The second-order valence-corrected chi connectivity index (χ2v) is 6.73. The summed E-state index contributed by atoms with van der Waals surface area (Å²) in [7, 11) is 0. The van der Waals surface area contributed by atoms with Gasteiger partial charge in [-0.25, -0.2) is 9.78 Å². The van der Waals surface area contributed by atoms with Crippen molar-refractivity contribution in [3.8, 4) is 0 Å². The summed E-state index contributed by atoms with van der Waals surface area (Å²) in [6.45, 7) is 11.7. The third kappa shape index (κ3) is 6.57. The number of nitrogens with one attached hydrogen (secondary N) is 2. The van der Waals surface area contributed by atoms with Crippen LogP contribution in [-0.4, -0.2) is 48.0 Å². The van der Waals surface area contributed by atoms with Crippen LogP contribution in [0.25, 0.3) is 0 Å². The molecule has 0 aliphatic heterocycles.